The molecular weight excluding hydrogens is 324 g/mol. The second-order valence-electron chi connectivity index (χ2n) is 6.92. The van der Waals surface area contributed by atoms with Gasteiger partial charge in [-0.1, -0.05) is 43.2 Å². The molecule has 1 N–H and O–H groups in total. The van der Waals surface area contributed by atoms with E-state index in [1.54, 1.807) is 0 Å². The van der Waals surface area contributed by atoms with Crippen molar-refractivity contribution in [1.82, 2.24) is 5.32 Å². The van der Waals surface area contributed by atoms with Gasteiger partial charge in [0.05, 0.1) is 0 Å². The lowest BCUT2D eigenvalue weighted by Gasteiger charge is -2.18. The third kappa shape index (κ3) is 4.13. The summed E-state index contributed by atoms with van der Waals surface area (Å²) in [5, 5.41) is 2.97. The summed E-state index contributed by atoms with van der Waals surface area (Å²) in [4.78, 5) is 26.5. The van der Waals surface area contributed by atoms with Crippen LogP contribution in [0.2, 0.25) is 0 Å². The van der Waals surface area contributed by atoms with Gasteiger partial charge >= 0.3 is 0 Å². The van der Waals surface area contributed by atoms with Crippen molar-refractivity contribution in [1.29, 1.82) is 0 Å². The summed E-state index contributed by atoms with van der Waals surface area (Å²) >= 11 is 0. The molecule has 0 spiro atoms. The van der Waals surface area contributed by atoms with Crippen molar-refractivity contribution >= 4 is 17.5 Å². The zero-order valence-electron chi connectivity index (χ0n) is 15.5. The zero-order chi connectivity index (χ0) is 18.5. The number of nitrogens with one attached hydrogen (secondary N) is 1. The van der Waals surface area contributed by atoms with Crippen LogP contribution in [0, 0.1) is 6.92 Å². The molecular formula is C22H26N2O2. The van der Waals surface area contributed by atoms with E-state index < -0.39 is 0 Å². The molecule has 0 aromatic heterocycles. The molecule has 1 heterocycles. The van der Waals surface area contributed by atoms with Gasteiger partial charge in [0.15, 0.2) is 0 Å². The van der Waals surface area contributed by atoms with Gasteiger partial charge in [0.1, 0.15) is 0 Å². The van der Waals surface area contributed by atoms with Crippen LogP contribution < -0.4 is 10.2 Å². The molecule has 4 nitrogen and oxygen atoms in total. The van der Waals surface area contributed by atoms with E-state index in [4.69, 9.17) is 0 Å². The van der Waals surface area contributed by atoms with Crippen LogP contribution in [0.15, 0.2) is 42.5 Å². The third-order valence-electron chi connectivity index (χ3n) is 4.80. The molecule has 0 saturated carbocycles. The van der Waals surface area contributed by atoms with E-state index in [-0.39, 0.29) is 11.8 Å². The molecule has 0 atom stereocenters. The first-order valence-corrected chi connectivity index (χ1v) is 9.35. The van der Waals surface area contributed by atoms with E-state index in [1.807, 2.05) is 48.2 Å². The molecule has 1 aliphatic rings. The number of amides is 2. The number of fused-ring (bicyclic) bond motifs is 1. The number of rotatable bonds is 6. The summed E-state index contributed by atoms with van der Waals surface area (Å²) in [6.07, 6.45) is 3.38. The summed E-state index contributed by atoms with van der Waals surface area (Å²) in [5.74, 6) is 0.150. The van der Waals surface area contributed by atoms with Crippen LogP contribution in [0.4, 0.5) is 5.69 Å². The number of nitrogens with zero attached hydrogens (tertiary/aromatic N) is 1. The molecule has 2 amide bonds. The summed E-state index contributed by atoms with van der Waals surface area (Å²) in [7, 11) is 0. The van der Waals surface area contributed by atoms with Crippen molar-refractivity contribution in [3.63, 3.8) is 0 Å². The van der Waals surface area contributed by atoms with Crippen molar-refractivity contribution in [3.05, 3.63) is 64.7 Å². The maximum atomic E-state index is 12.8. The van der Waals surface area contributed by atoms with Gasteiger partial charge in [-0.3, -0.25) is 9.59 Å². The molecule has 2 aromatic carbocycles. The highest BCUT2D eigenvalue weighted by Crippen LogP contribution is 2.30. The van der Waals surface area contributed by atoms with Crippen molar-refractivity contribution in [2.75, 3.05) is 11.4 Å². The lowest BCUT2D eigenvalue weighted by molar-refractivity contribution is -0.121. The number of unbranched alkanes of at least 4 members (excludes halogenated alkanes) is 1. The molecule has 0 fully saturated rings. The largest absolute Gasteiger partial charge is 0.352 e. The van der Waals surface area contributed by atoms with E-state index in [0.717, 1.165) is 41.6 Å². The second kappa shape index (κ2) is 8.17. The molecule has 0 bridgehead atoms. The molecule has 136 valence electrons. The van der Waals surface area contributed by atoms with E-state index >= 15 is 0 Å². The van der Waals surface area contributed by atoms with Crippen LogP contribution >= 0.6 is 0 Å². The Hall–Kier alpha value is -2.62. The highest BCUT2D eigenvalue weighted by atomic mass is 16.2. The van der Waals surface area contributed by atoms with Gasteiger partial charge in [-0.25, -0.2) is 0 Å². The molecule has 0 aliphatic carbocycles. The highest BCUT2D eigenvalue weighted by Gasteiger charge is 2.25. The van der Waals surface area contributed by atoms with Gasteiger partial charge < -0.3 is 10.2 Å². The number of carbonyl (C=O) groups is 2. The smallest absolute Gasteiger partial charge is 0.258 e. The molecule has 4 heteroatoms. The number of carbonyl (C=O) groups excluding carboxylic acids is 2. The quantitative estimate of drug-likeness (QED) is 0.856. The van der Waals surface area contributed by atoms with Gasteiger partial charge in [-0.05, 0) is 49.1 Å². The first kappa shape index (κ1) is 18.2. The van der Waals surface area contributed by atoms with Crippen molar-refractivity contribution in [3.8, 4) is 0 Å². The Morgan fingerprint density at radius 2 is 2.00 bits per heavy atom. The average Bonchev–Trinajstić information content (AvgIpc) is 3.07. The molecule has 0 unspecified atom stereocenters. The Bertz CT molecular complexity index is 814. The minimum atomic E-state index is 0.0491. The van der Waals surface area contributed by atoms with Crippen LogP contribution in [0.25, 0.3) is 0 Å². The number of hydrogen-bond donors (Lipinski definition) is 1. The predicted octanol–water partition coefficient (Wildman–Crippen LogP) is 4.00. The lowest BCUT2D eigenvalue weighted by Crippen LogP contribution is -2.28. The molecule has 3 rings (SSSR count). The fourth-order valence-corrected chi connectivity index (χ4v) is 3.34. The zero-order valence-corrected chi connectivity index (χ0v) is 15.5. The van der Waals surface area contributed by atoms with E-state index in [2.05, 4.69) is 18.3 Å². The summed E-state index contributed by atoms with van der Waals surface area (Å²) in [6, 6.07) is 13.8. The van der Waals surface area contributed by atoms with Crippen molar-refractivity contribution in [2.24, 2.45) is 0 Å². The number of aryl methyl sites for hydroxylation is 1. The van der Waals surface area contributed by atoms with Crippen LogP contribution in [-0.2, 0) is 17.8 Å². The molecule has 26 heavy (non-hydrogen) atoms. The molecule has 0 saturated heterocycles. The van der Waals surface area contributed by atoms with E-state index in [1.165, 1.54) is 5.56 Å². The van der Waals surface area contributed by atoms with Gasteiger partial charge in [-0.2, -0.15) is 0 Å². The van der Waals surface area contributed by atoms with Crippen LogP contribution in [0.1, 0.15) is 53.2 Å². The Kier molecular flexibility index (Phi) is 5.71. The summed E-state index contributed by atoms with van der Waals surface area (Å²) in [6.45, 7) is 5.32. The highest BCUT2D eigenvalue weighted by molar-refractivity contribution is 6.07. The normalized spacial score (nSPS) is 12.8. The van der Waals surface area contributed by atoms with Crippen molar-refractivity contribution < 1.29 is 9.59 Å². The first-order valence-electron chi connectivity index (χ1n) is 9.35. The van der Waals surface area contributed by atoms with Gasteiger partial charge in [0.2, 0.25) is 5.91 Å². The number of hydrogen-bond acceptors (Lipinski definition) is 2. The fraction of sp³-hybridized carbons (Fsp3) is 0.364. The van der Waals surface area contributed by atoms with Gasteiger partial charge in [-0.15, -0.1) is 0 Å². The van der Waals surface area contributed by atoms with Crippen molar-refractivity contribution in [2.45, 2.75) is 46.1 Å². The predicted molar refractivity (Wildman–Crippen MR) is 104 cm³/mol. The van der Waals surface area contributed by atoms with Crippen LogP contribution in [0.5, 0.6) is 0 Å². The second-order valence-corrected chi connectivity index (χ2v) is 6.92. The SMILES string of the molecule is CCCCC(=O)NCc1ccc2c(c1)CCN2C(=O)c1cccc(C)c1. The molecule has 1 aliphatic heterocycles. The molecule has 2 aromatic rings. The molecule has 0 radical (unpaired) electrons. The Morgan fingerprint density at radius 1 is 1.15 bits per heavy atom. The minimum absolute atomic E-state index is 0.0491. The number of anilines is 1. The Balaban J connectivity index is 1.68. The Morgan fingerprint density at radius 3 is 2.77 bits per heavy atom. The van der Waals surface area contributed by atoms with Crippen LogP contribution in [0.3, 0.4) is 0 Å². The average molecular weight is 350 g/mol. The minimum Gasteiger partial charge on any atom is -0.352 e. The Labute approximate surface area is 155 Å². The van der Waals surface area contributed by atoms with Gasteiger partial charge in [0, 0.05) is 30.8 Å². The maximum Gasteiger partial charge on any atom is 0.258 e. The van der Waals surface area contributed by atoms with Gasteiger partial charge in [0.25, 0.3) is 5.91 Å². The summed E-state index contributed by atoms with van der Waals surface area (Å²) in [5.41, 5.74) is 5.05. The van der Waals surface area contributed by atoms with Crippen LogP contribution in [-0.4, -0.2) is 18.4 Å². The lowest BCUT2D eigenvalue weighted by atomic mass is 10.1. The first-order chi connectivity index (χ1) is 12.6. The van der Waals surface area contributed by atoms with E-state index in [0.29, 0.717) is 19.5 Å². The number of benzene rings is 2. The monoisotopic (exact) mass is 350 g/mol. The fourth-order valence-electron chi connectivity index (χ4n) is 3.34. The standard InChI is InChI=1S/C22H26N2O2/c1-3-4-8-21(25)23-15-17-9-10-20-18(14-17)11-12-24(20)22(26)19-7-5-6-16(2)13-19/h5-7,9-10,13-14H,3-4,8,11-12,15H2,1-2H3,(H,23,25). The van der Waals surface area contributed by atoms with E-state index in [9.17, 15) is 9.59 Å². The third-order valence-corrected chi connectivity index (χ3v) is 4.80. The maximum absolute atomic E-state index is 12.8. The summed E-state index contributed by atoms with van der Waals surface area (Å²) < 4.78 is 0. The topological polar surface area (TPSA) is 49.4 Å².